The highest BCUT2D eigenvalue weighted by atomic mass is 29.3. The van der Waals surface area contributed by atoms with Crippen LogP contribution in [0.15, 0.2) is 73.1 Å². The fraction of sp³-hybridized carbons (Fsp3) is 0.524. The lowest BCUT2D eigenvalue weighted by atomic mass is 10.0. The molecule has 2 aromatic heterocycles. The first-order valence-electron chi connectivity index (χ1n) is 20.8. The van der Waals surface area contributed by atoms with E-state index in [0.29, 0.717) is 11.4 Å². The monoisotopic (exact) mass is 860 g/mol. The van der Waals surface area contributed by atoms with Crippen LogP contribution in [0.3, 0.4) is 0 Å². The minimum Gasteiger partial charge on any atom is -0.445 e. The van der Waals surface area contributed by atoms with Gasteiger partial charge in [0.15, 0.2) is 0 Å². The number of aryl methyl sites for hydroxylation is 2. The molecule has 60 heavy (non-hydrogen) atoms. The number of benzene rings is 2. The van der Waals surface area contributed by atoms with Gasteiger partial charge in [-0.3, -0.25) is 19.0 Å². The molecule has 2 atom stereocenters. The topological polar surface area (TPSA) is 196 Å². The van der Waals surface area contributed by atoms with Gasteiger partial charge in [-0.1, -0.05) is 137 Å². The average molecular weight is 861 g/mol. The molecule has 0 aliphatic heterocycles. The number of nitrogens with one attached hydrogen (secondary N) is 4. The van der Waals surface area contributed by atoms with E-state index in [1.165, 1.54) is 12.1 Å². The molecule has 326 valence electrons. The van der Waals surface area contributed by atoms with Crippen molar-refractivity contribution in [3.63, 3.8) is 0 Å². The standard InChI is InChI=1S/C42H64N10O6Si2/c1-31(2)37(45-41(55)57-29-33-17-11-9-12-18-33)39(53)43-25-35-27-51(49-47-35)21-15-23-59(5,6)60(7,8)24-16-22-52-28-36(48-50-52)26-44-40(54)38(32(3)4)46-42(56)58-30-34-19-13-10-14-20-34/h9-14,17-20,27-28,31-32,37-38H,15-16,21-26,29-30H2,1-8H3,(H,43,53)(H,44,54)(H,45,55)(H,46,56). The zero-order valence-electron chi connectivity index (χ0n) is 36.4. The van der Waals surface area contributed by atoms with Crippen LogP contribution in [0.25, 0.3) is 0 Å². The molecule has 0 radical (unpaired) electrons. The van der Waals surface area contributed by atoms with Crippen LogP contribution in [0.2, 0.25) is 38.3 Å². The molecule has 2 heterocycles. The van der Waals surface area contributed by atoms with Crippen LogP contribution in [0.4, 0.5) is 9.59 Å². The molecule has 0 aliphatic carbocycles. The van der Waals surface area contributed by atoms with Crippen molar-refractivity contribution in [2.45, 2.75) is 130 Å². The maximum absolute atomic E-state index is 13.0. The molecular formula is C42H64N10O6Si2. The second-order valence-corrected chi connectivity index (χ2v) is 33.9. The largest absolute Gasteiger partial charge is 0.445 e. The Morgan fingerprint density at radius 3 is 1.32 bits per heavy atom. The van der Waals surface area contributed by atoms with Gasteiger partial charge < -0.3 is 30.7 Å². The minimum absolute atomic E-state index is 0.121. The first-order chi connectivity index (χ1) is 28.5. The van der Waals surface area contributed by atoms with E-state index >= 15 is 0 Å². The van der Waals surface area contributed by atoms with E-state index in [9.17, 15) is 19.2 Å². The Hall–Kier alpha value is -5.37. The summed E-state index contributed by atoms with van der Waals surface area (Å²) >= 11 is 0. The summed E-state index contributed by atoms with van der Waals surface area (Å²) in [5, 5.41) is 28.3. The first kappa shape index (κ1) is 47.3. The van der Waals surface area contributed by atoms with Crippen LogP contribution < -0.4 is 21.3 Å². The summed E-state index contributed by atoms with van der Waals surface area (Å²) in [7, 11) is -3.08. The molecule has 2 aromatic carbocycles. The smallest absolute Gasteiger partial charge is 0.408 e. The molecule has 0 bridgehead atoms. The fourth-order valence-electron chi connectivity index (χ4n) is 6.53. The molecule has 0 saturated heterocycles. The summed E-state index contributed by atoms with van der Waals surface area (Å²) in [5.41, 5.74) is 3.03. The van der Waals surface area contributed by atoms with Gasteiger partial charge in [0, 0.05) is 28.3 Å². The second kappa shape index (κ2) is 22.9. The van der Waals surface area contributed by atoms with Crippen LogP contribution in [-0.4, -0.2) is 81.3 Å². The number of carbonyl (C=O) groups is 4. The van der Waals surface area contributed by atoms with E-state index in [1.807, 2.05) is 110 Å². The third-order valence-corrected chi connectivity index (χ3v) is 30.5. The molecule has 0 aliphatic rings. The van der Waals surface area contributed by atoms with Crippen molar-refractivity contribution in [3.05, 3.63) is 95.6 Å². The number of ether oxygens (including phenoxy) is 2. The molecular weight excluding hydrogens is 797 g/mol. The van der Waals surface area contributed by atoms with E-state index in [0.717, 1.165) is 37.1 Å². The van der Waals surface area contributed by atoms with Crippen molar-refractivity contribution in [2.24, 2.45) is 11.8 Å². The summed E-state index contributed by atoms with van der Waals surface area (Å²) in [4.78, 5) is 50.9. The highest BCUT2D eigenvalue weighted by molar-refractivity contribution is 7.40. The lowest BCUT2D eigenvalue weighted by Gasteiger charge is -2.39. The van der Waals surface area contributed by atoms with E-state index in [2.05, 4.69) is 68.1 Å². The number of rotatable bonds is 23. The average Bonchev–Trinajstić information content (AvgIpc) is 3.88. The minimum atomic E-state index is -1.54. The molecule has 4 amide bonds. The summed E-state index contributed by atoms with van der Waals surface area (Å²) in [6, 6.07) is 19.6. The maximum atomic E-state index is 13.0. The van der Waals surface area contributed by atoms with Gasteiger partial charge >= 0.3 is 12.2 Å². The highest BCUT2D eigenvalue weighted by Gasteiger charge is 2.39. The molecule has 18 heteroatoms. The molecule has 4 rings (SSSR count). The molecule has 0 fully saturated rings. The van der Waals surface area contributed by atoms with Gasteiger partial charge in [-0.15, -0.1) is 10.2 Å². The van der Waals surface area contributed by atoms with Gasteiger partial charge in [0.1, 0.15) is 36.7 Å². The van der Waals surface area contributed by atoms with E-state index in [4.69, 9.17) is 9.47 Å². The lowest BCUT2D eigenvalue weighted by molar-refractivity contribution is -0.125. The lowest BCUT2D eigenvalue weighted by Crippen LogP contribution is -2.54. The Morgan fingerprint density at radius 1 is 0.600 bits per heavy atom. The molecule has 4 aromatic rings. The van der Waals surface area contributed by atoms with Crippen molar-refractivity contribution in [3.8, 4) is 0 Å². The zero-order chi connectivity index (χ0) is 43.7. The number of nitrogens with zero attached hydrogens (tertiary/aromatic N) is 6. The van der Waals surface area contributed by atoms with Crippen molar-refractivity contribution in [1.29, 1.82) is 0 Å². The summed E-state index contributed by atoms with van der Waals surface area (Å²) < 4.78 is 14.3. The third-order valence-electron chi connectivity index (χ3n) is 11.1. The van der Waals surface area contributed by atoms with Gasteiger partial charge in [-0.25, -0.2) is 9.59 Å². The van der Waals surface area contributed by atoms with Crippen LogP contribution in [0.5, 0.6) is 0 Å². The molecule has 0 saturated carbocycles. The van der Waals surface area contributed by atoms with Gasteiger partial charge in [0.05, 0.1) is 25.5 Å². The normalized spacial score (nSPS) is 12.8. The Labute approximate surface area is 355 Å². The molecule has 16 nitrogen and oxygen atoms in total. The molecule has 2 unspecified atom stereocenters. The Bertz CT molecular complexity index is 1820. The zero-order valence-corrected chi connectivity index (χ0v) is 38.4. The van der Waals surface area contributed by atoms with Crippen LogP contribution in [-0.2, 0) is 58.5 Å². The maximum Gasteiger partial charge on any atom is 0.408 e. The SMILES string of the molecule is CC(C)C(NC(=O)OCc1ccccc1)C(=O)NCc1cn(CCC[Si](C)(C)[Si](C)(C)CCCn2cc(CNC(=O)C(NC(=O)OCc3ccccc3)C(C)C)nn2)nn1. The van der Waals surface area contributed by atoms with Crippen molar-refractivity contribution < 1.29 is 28.7 Å². The summed E-state index contributed by atoms with van der Waals surface area (Å²) in [5.74, 6) is -0.917. The number of carbonyl (C=O) groups excluding carboxylic acids is 4. The summed E-state index contributed by atoms with van der Waals surface area (Å²) in [6.07, 6.45) is 4.43. The molecule has 4 N–H and O–H groups in total. The number of aromatic nitrogens is 6. The van der Waals surface area contributed by atoms with Gasteiger partial charge in [0.25, 0.3) is 0 Å². The number of amides is 4. The van der Waals surface area contributed by atoms with E-state index in [-0.39, 0.29) is 50.0 Å². The van der Waals surface area contributed by atoms with E-state index < -0.39 is 39.5 Å². The second-order valence-electron chi connectivity index (χ2n) is 17.2. The number of alkyl carbamates (subject to hydrolysis) is 2. The fourth-order valence-corrected chi connectivity index (χ4v) is 15.1. The predicted molar refractivity (Wildman–Crippen MR) is 234 cm³/mol. The molecule has 0 spiro atoms. The predicted octanol–water partition coefficient (Wildman–Crippen LogP) is 5.98. The van der Waals surface area contributed by atoms with Gasteiger partial charge in [-0.05, 0) is 35.8 Å². The van der Waals surface area contributed by atoms with Crippen molar-refractivity contribution in [2.75, 3.05) is 0 Å². The van der Waals surface area contributed by atoms with Crippen molar-refractivity contribution >= 4 is 39.2 Å². The number of hydrogen-bond acceptors (Lipinski definition) is 10. The van der Waals surface area contributed by atoms with Crippen molar-refractivity contribution in [1.82, 2.24) is 51.3 Å². The highest BCUT2D eigenvalue weighted by Crippen LogP contribution is 2.29. The quantitative estimate of drug-likeness (QED) is 0.0645. The van der Waals surface area contributed by atoms with Gasteiger partial charge in [0.2, 0.25) is 11.8 Å². The van der Waals surface area contributed by atoms with Crippen LogP contribution >= 0.6 is 0 Å². The Kier molecular flexibility index (Phi) is 18.0. The number of hydrogen-bond donors (Lipinski definition) is 4. The van der Waals surface area contributed by atoms with Crippen LogP contribution in [0, 0.1) is 11.8 Å². The van der Waals surface area contributed by atoms with Crippen LogP contribution in [0.1, 0.15) is 63.1 Å². The van der Waals surface area contributed by atoms with E-state index in [1.54, 1.807) is 0 Å². The Morgan fingerprint density at radius 2 is 0.967 bits per heavy atom. The van der Waals surface area contributed by atoms with Gasteiger partial charge in [-0.2, -0.15) is 0 Å². The summed E-state index contributed by atoms with van der Waals surface area (Å²) in [6.45, 7) is 19.6. The Balaban J connectivity index is 1.14. The third kappa shape index (κ3) is 15.3. The first-order valence-corrected chi connectivity index (χ1v) is 28.2.